The number of nitrogen functional groups attached to an aromatic ring is 1. The van der Waals surface area contributed by atoms with Crippen molar-refractivity contribution in [3.05, 3.63) is 11.1 Å². The molecule has 1 amide bonds. The summed E-state index contributed by atoms with van der Waals surface area (Å²) in [4.78, 5) is 15.6. The lowest BCUT2D eigenvalue weighted by Crippen LogP contribution is -2.33. The smallest absolute Gasteiger partial charge is 0.226 e. The van der Waals surface area contributed by atoms with E-state index in [2.05, 4.69) is 10.3 Å². The van der Waals surface area contributed by atoms with Gasteiger partial charge in [0, 0.05) is 25.0 Å². The summed E-state index contributed by atoms with van der Waals surface area (Å²) in [5, 5.41) is 4.93. The number of carbonyl (C=O) groups is 1. The highest BCUT2D eigenvalue weighted by atomic mass is 32.2. The Labute approximate surface area is 123 Å². The van der Waals surface area contributed by atoms with Crippen LogP contribution < -0.4 is 11.1 Å². The summed E-state index contributed by atoms with van der Waals surface area (Å²) < 4.78 is 24.1. The lowest BCUT2D eigenvalue weighted by molar-refractivity contribution is -0.120. The number of anilines is 1. The number of hydrogen-bond donors (Lipinski definition) is 2. The third-order valence-electron chi connectivity index (χ3n) is 2.64. The van der Waals surface area contributed by atoms with Crippen molar-refractivity contribution >= 4 is 32.4 Å². The maximum atomic E-state index is 11.6. The zero-order chi connectivity index (χ0) is 15.2. The average Bonchev–Trinajstić information content (AvgIpc) is 2.73. The minimum absolute atomic E-state index is 0.141. The van der Waals surface area contributed by atoms with Crippen molar-refractivity contribution in [1.82, 2.24) is 14.6 Å². The summed E-state index contributed by atoms with van der Waals surface area (Å²) in [6.45, 7) is 3.06. The van der Waals surface area contributed by atoms with E-state index in [-0.39, 0.29) is 12.3 Å². The quantitative estimate of drug-likeness (QED) is 0.659. The van der Waals surface area contributed by atoms with Crippen LogP contribution in [0.15, 0.2) is 5.38 Å². The monoisotopic (exact) mass is 320 g/mol. The number of hydrogen-bond acceptors (Lipinski definition) is 6. The molecule has 1 aromatic heterocycles. The summed E-state index contributed by atoms with van der Waals surface area (Å²) in [5.41, 5.74) is 6.13. The number of amides is 1. The first-order chi connectivity index (χ1) is 9.32. The number of thiazole rings is 1. The Hall–Kier alpha value is -1.19. The average molecular weight is 320 g/mol. The van der Waals surface area contributed by atoms with Gasteiger partial charge in [-0.25, -0.2) is 17.7 Å². The van der Waals surface area contributed by atoms with Crippen LogP contribution in [0.5, 0.6) is 0 Å². The van der Waals surface area contributed by atoms with Crippen LogP contribution >= 0.6 is 11.3 Å². The van der Waals surface area contributed by atoms with E-state index in [1.165, 1.54) is 21.9 Å². The van der Waals surface area contributed by atoms with Crippen molar-refractivity contribution in [2.24, 2.45) is 0 Å². The summed E-state index contributed by atoms with van der Waals surface area (Å²) in [7, 11) is -3.16. The molecule has 0 saturated carbocycles. The van der Waals surface area contributed by atoms with Gasteiger partial charge in [0.2, 0.25) is 15.9 Å². The van der Waals surface area contributed by atoms with Crippen LogP contribution in [0, 0.1) is 0 Å². The summed E-state index contributed by atoms with van der Waals surface area (Å²) in [6.07, 6.45) is 1.95. The molecule has 9 heteroatoms. The third-order valence-corrected chi connectivity index (χ3v) is 4.74. The van der Waals surface area contributed by atoms with Gasteiger partial charge in [-0.1, -0.05) is 6.92 Å². The molecule has 0 fully saturated rings. The third kappa shape index (κ3) is 5.85. The van der Waals surface area contributed by atoms with Gasteiger partial charge < -0.3 is 11.1 Å². The molecule has 0 bridgehead atoms. The molecule has 0 spiro atoms. The molecular formula is C11H20N4O3S2. The molecule has 1 rings (SSSR count). The van der Waals surface area contributed by atoms with Crippen molar-refractivity contribution in [2.75, 3.05) is 31.6 Å². The molecule has 1 heterocycles. The zero-order valence-electron chi connectivity index (χ0n) is 11.6. The number of carbonyl (C=O) groups excluding carboxylic acids is 1. The van der Waals surface area contributed by atoms with Crippen molar-refractivity contribution in [3.63, 3.8) is 0 Å². The van der Waals surface area contributed by atoms with Gasteiger partial charge in [0.15, 0.2) is 5.13 Å². The van der Waals surface area contributed by atoms with Crippen LogP contribution in [0.4, 0.5) is 5.13 Å². The standard InChI is InChI=1S/C11H20N4O3S2/c1-3-15(20(2,17)18)6-4-5-13-10(16)7-9-8-19-11(12)14-9/h8H,3-7H2,1-2H3,(H2,12,14)(H,13,16). The normalized spacial score (nSPS) is 11.8. The largest absolute Gasteiger partial charge is 0.375 e. The molecule has 1 aromatic rings. The molecule has 114 valence electrons. The highest BCUT2D eigenvalue weighted by Crippen LogP contribution is 2.11. The van der Waals surface area contributed by atoms with Crippen LogP contribution in [0.2, 0.25) is 0 Å². The molecule has 0 radical (unpaired) electrons. The van der Waals surface area contributed by atoms with Crippen LogP contribution in [-0.4, -0.2) is 49.5 Å². The van der Waals surface area contributed by atoms with Crippen molar-refractivity contribution in [1.29, 1.82) is 0 Å². The molecule has 0 aliphatic carbocycles. The van der Waals surface area contributed by atoms with Gasteiger partial charge in [0.05, 0.1) is 18.4 Å². The summed E-state index contributed by atoms with van der Waals surface area (Å²) in [6, 6.07) is 0. The Bertz CT molecular complexity index is 542. The van der Waals surface area contributed by atoms with E-state index in [0.717, 1.165) is 0 Å². The van der Waals surface area contributed by atoms with Crippen LogP contribution in [0.3, 0.4) is 0 Å². The fourth-order valence-corrected chi connectivity index (χ4v) is 3.17. The van der Waals surface area contributed by atoms with E-state index in [1.54, 1.807) is 12.3 Å². The molecule has 7 nitrogen and oxygen atoms in total. The lowest BCUT2D eigenvalue weighted by atomic mass is 10.3. The molecule has 0 unspecified atom stereocenters. The van der Waals surface area contributed by atoms with Gasteiger partial charge >= 0.3 is 0 Å². The Morgan fingerprint density at radius 2 is 2.25 bits per heavy atom. The van der Waals surface area contributed by atoms with Crippen LogP contribution in [0.1, 0.15) is 19.0 Å². The fraction of sp³-hybridized carbons (Fsp3) is 0.636. The van der Waals surface area contributed by atoms with E-state index in [9.17, 15) is 13.2 Å². The SMILES string of the molecule is CCN(CCCNC(=O)Cc1csc(N)n1)S(C)(=O)=O. The molecule has 0 atom stereocenters. The maximum absolute atomic E-state index is 11.6. The molecule has 0 aromatic carbocycles. The number of rotatable bonds is 8. The van der Waals surface area contributed by atoms with Crippen molar-refractivity contribution < 1.29 is 13.2 Å². The van der Waals surface area contributed by atoms with E-state index in [1.807, 2.05) is 0 Å². The second-order valence-electron chi connectivity index (χ2n) is 4.31. The maximum Gasteiger partial charge on any atom is 0.226 e. The highest BCUT2D eigenvalue weighted by Gasteiger charge is 2.13. The first kappa shape index (κ1) is 16.9. The van der Waals surface area contributed by atoms with Crippen molar-refractivity contribution in [3.8, 4) is 0 Å². The topological polar surface area (TPSA) is 105 Å². The summed E-state index contributed by atoms with van der Waals surface area (Å²) >= 11 is 1.30. The molecule has 0 aliphatic heterocycles. The second-order valence-corrected chi connectivity index (χ2v) is 7.18. The molecule has 20 heavy (non-hydrogen) atoms. The van der Waals surface area contributed by atoms with Crippen LogP contribution in [0.25, 0.3) is 0 Å². The predicted octanol–water partition coefficient (Wildman–Crippen LogP) is 0.0556. The molecule has 3 N–H and O–H groups in total. The zero-order valence-corrected chi connectivity index (χ0v) is 13.3. The number of aromatic nitrogens is 1. The first-order valence-electron chi connectivity index (χ1n) is 6.24. The summed E-state index contributed by atoms with van der Waals surface area (Å²) in [5.74, 6) is -0.141. The molecular weight excluding hydrogens is 300 g/mol. The van der Waals surface area contributed by atoms with E-state index >= 15 is 0 Å². The van der Waals surface area contributed by atoms with Gasteiger partial charge in [-0.05, 0) is 6.42 Å². The lowest BCUT2D eigenvalue weighted by Gasteiger charge is -2.17. The Balaban J connectivity index is 2.25. The number of nitrogens with zero attached hydrogens (tertiary/aromatic N) is 2. The van der Waals surface area contributed by atoms with E-state index in [0.29, 0.717) is 36.9 Å². The second kappa shape index (κ2) is 7.55. The molecule has 0 aliphatic rings. The van der Waals surface area contributed by atoms with E-state index in [4.69, 9.17) is 5.73 Å². The van der Waals surface area contributed by atoms with E-state index < -0.39 is 10.0 Å². The van der Waals surface area contributed by atoms with Gasteiger partial charge in [0.1, 0.15) is 0 Å². The minimum atomic E-state index is -3.16. The Morgan fingerprint density at radius 1 is 1.55 bits per heavy atom. The van der Waals surface area contributed by atoms with Crippen molar-refractivity contribution in [2.45, 2.75) is 19.8 Å². The fourth-order valence-electron chi connectivity index (χ4n) is 1.67. The number of sulfonamides is 1. The van der Waals surface area contributed by atoms with Gasteiger partial charge in [-0.2, -0.15) is 0 Å². The molecule has 0 saturated heterocycles. The first-order valence-corrected chi connectivity index (χ1v) is 8.97. The number of nitrogens with one attached hydrogen (secondary N) is 1. The van der Waals surface area contributed by atoms with Gasteiger partial charge in [-0.3, -0.25) is 4.79 Å². The number of nitrogens with two attached hydrogens (primary N) is 1. The minimum Gasteiger partial charge on any atom is -0.375 e. The van der Waals surface area contributed by atoms with Gasteiger partial charge in [-0.15, -0.1) is 11.3 Å². The Morgan fingerprint density at radius 3 is 2.75 bits per heavy atom. The highest BCUT2D eigenvalue weighted by molar-refractivity contribution is 7.88. The predicted molar refractivity (Wildman–Crippen MR) is 79.9 cm³/mol. The van der Waals surface area contributed by atoms with Crippen LogP contribution in [-0.2, 0) is 21.2 Å². The Kier molecular flexibility index (Phi) is 6.37. The van der Waals surface area contributed by atoms with Gasteiger partial charge in [0.25, 0.3) is 0 Å².